The van der Waals surface area contributed by atoms with Gasteiger partial charge < -0.3 is 14.5 Å². The molecule has 0 aliphatic rings. The van der Waals surface area contributed by atoms with Crippen LogP contribution < -0.4 is 10.1 Å². The Kier molecular flexibility index (Phi) is 2.91. The van der Waals surface area contributed by atoms with Gasteiger partial charge in [0.2, 0.25) is 0 Å². The van der Waals surface area contributed by atoms with Crippen LogP contribution in [0.15, 0.2) is 47.1 Å². The fraction of sp³-hybridized carbons (Fsp3) is 0.0833. The van der Waals surface area contributed by atoms with Crippen LogP contribution in [0.1, 0.15) is 10.6 Å². The molecule has 0 aliphatic heterocycles. The second-order valence-electron chi connectivity index (χ2n) is 3.16. The Morgan fingerprint density at radius 2 is 2.00 bits per heavy atom. The largest absolute Gasteiger partial charge is 0.497 e. The van der Waals surface area contributed by atoms with Crippen LogP contribution in [-0.2, 0) is 0 Å². The molecule has 1 aromatic heterocycles. The molecule has 4 heteroatoms. The molecule has 2 aromatic rings. The lowest BCUT2D eigenvalue weighted by Crippen LogP contribution is -2.10. The zero-order chi connectivity index (χ0) is 11.4. The lowest BCUT2D eigenvalue weighted by Gasteiger charge is -2.04. The van der Waals surface area contributed by atoms with Gasteiger partial charge in [-0.3, -0.25) is 4.79 Å². The SMILES string of the molecule is COc1ccc(NC(=O)c2ccco2)cc1. The molecule has 2 rings (SSSR count). The Morgan fingerprint density at radius 1 is 1.25 bits per heavy atom. The molecule has 16 heavy (non-hydrogen) atoms. The smallest absolute Gasteiger partial charge is 0.291 e. The molecule has 0 fully saturated rings. The van der Waals surface area contributed by atoms with Gasteiger partial charge in [-0.05, 0) is 36.4 Å². The molecule has 0 aliphatic carbocycles. The van der Waals surface area contributed by atoms with Crippen molar-refractivity contribution in [2.24, 2.45) is 0 Å². The molecule has 82 valence electrons. The highest BCUT2D eigenvalue weighted by Gasteiger charge is 2.08. The minimum absolute atomic E-state index is 0.268. The van der Waals surface area contributed by atoms with Gasteiger partial charge in [-0.25, -0.2) is 0 Å². The number of methoxy groups -OCH3 is 1. The van der Waals surface area contributed by atoms with Crippen molar-refractivity contribution in [1.82, 2.24) is 0 Å². The lowest BCUT2D eigenvalue weighted by molar-refractivity contribution is 0.0996. The minimum atomic E-state index is -0.268. The van der Waals surface area contributed by atoms with Gasteiger partial charge in [0.25, 0.3) is 5.91 Å². The third kappa shape index (κ3) is 2.23. The number of rotatable bonds is 3. The Bertz CT molecular complexity index is 460. The van der Waals surface area contributed by atoms with Crippen LogP contribution in [0.25, 0.3) is 0 Å². The van der Waals surface area contributed by atoms with Gasteiger partial charge in [-0.15, -0.1) is 0 Å². The second-order valence-corrected chi connectivity index (χ2v) is 3.16. The first-order valence-corrected chi connectivity index (χ1v) is 4.78. The highest BCUT2D eigenvalue weighted by molar-refractivity contribution is 6.02. The molecule has 1 heterocycles. The first-order valence-electron chi connectivity index (χ1n) is 4.78. The fourth-order valence-electron chi connectivity index (χ4n) is 1.27. The number of benzene rings is 1. The average Bonchev–Trinajstić information content (AvgIpc) is 2.83. The molecule has 0 saturated carbocycles. The summed E-state index contributed by atoms with van der Waals surface area (Å²) in [6, 6.07) is 10.4. The fourth-order valence-corrected chi connectivity index (χ4v) is 1.27. The highest BCUT2D eigenvalue weighted by atomic mass is 16.5. The number of furan rings is 1. The standard InChI is InChI=1S/C12H11NO3/c1-15-10-6-4-9(5-7-10)13-12(14)11-3-2-8-16-11/h2-8H,1H3,(H,13,14). The Morgan fingerprint density at radius 3 is 2.56 bits per heavy atom. The molecule has 1 amide bonds. The number of anilines is 1. The van der Waals surface area contributed by atoms with Crippen LogP contribution >= 0.6 is 0 Å². The van der Waals surface area contributed by atoms with Crippen molar-refractivity contribution in [2.75, 3.05) is 12.4 Å². The van der Waals surface area contributed by atoms with Crippen LogP contribution in [0.3, 0.4) is 0 Å². The quantitative estimate of drug-likeness (QED) is 0.859. The van der Waals surface area contributed by atoms with Crippen LogP contribution in [0, 0.1) is 0 Å². The number of amides is 1. The van der Waals surface area contributed by atoms with E-state index in [4.69, 9.17) is 9.15 Å². The van der Waals surface area contributed by atoms with Crippen molar-refractivity contribution < 1.29 is 13.9 Å². The Balaban J connectivity index is 2.06. The zero-order valence-corrected chi connectivity index (χ0v) is 8.77. The van der Waals surface area contributed by atoms with Gasteiger partial charge in [0.15, 0.2) is 5.76 Å². The Labute approximate surface area is 92.8 Å². The summed E-state index contributed by atoms with van der Waals surface area (Å²) in [6.07, 6.45) is 1.46. The maximum absolute atomic E-state index is 11.6. The molecule has 0 unspecified atom stereocenters. The number of carbonyl (C=O) groups is 1. The number of hydrogen-bond donors (Lipinski definition) is 1. The summed E-state index contributed by atoms with van der Waals surface area (Å²) >= 11 is 0. The van der Waals surface area contributed by atoms with E-state index in [1.54, 1.807) is 43.5 Å². The molecule has 0 saturated heterocycles. The van der Waals surface area contributed by atoms with Crippen LogP contribution in [0.5, 0.6) is 5.75 Å². The number of nitrogens with one attached hydrogen (secondary N) is 1. The summed E-state index contributed by atoms with van der Waals surface area (Å²) in [4.78, 5) is 11.6. The van der Waals surface area contributed by atoms with Gasteiger partial charge in [-0.1, -0.05) is 0 Å². The topological polar surface area (TPSA) is 51.5 Å². The number of carbonyl (C=O) groups excluding carboxylic acids is 1. The maximum Gasteiger partial charge on any atom is 0.291 e. The summed E-state index contributed by atoms with van der Waals surface area (Å²) in [6.45, 7) is 0. The minimum Gasteiger partial charge on any atom is -0.497 e. The maximum atomic E-state index is 11.6. The first kappa shape index (κ1) is 10.3. The molecule has 4 nitrogen and oxygen atoms in total. The predicted octanol–water partition coefficient (Wildman–Crippen LogP) is 2.54. The van der Waals surface area contributed by atoms with Crippen molar-refractivity contribution in [1.29, 1.82) is 0 Å². The molecule has 1 aromatic carbocycles. The summed E-state index contributed by atoms with van der Waals surface area (Å²) in [5.41, 5.74) is 0.696. The third-order valence-corrected chi connectivity index (χ3v) is 2.09. The number of ether oxygens (including phenoxy) is 1. The second kappa shape index (κ2) is 4.53. The van der Waals surface area contributed by atoms with Crippen molar-refractivity contribution in [3.8, 4) is 5.75 Å². The van der Waals surface area contributed by atoms with Crippen molar-refractivity contribution in [3.05, 3.63) is 48.4 Å². The molecule has 0 spiro atoms. The summed E-state index contributed by atoms with van der Waals surface area (Å²) in [5.74, 6) is 0.766. The van der Waals surface area contributed by atoms with Gasteiger partial charge in [-0.2, -0.15) is 0 Å². The van der Waals surface area contributed by atoms with E-state index in [0.717, 1.165) is 5.75 Å². The molecule has 0 bridgehead atoms. The van der Waals surface area contributed by atoms with Crippen LogP contribution in [0.2, 0.25) is 0 Å². The van der Waals surface area contributed by atoms with E-state index in [0.29, 0.717) is 5.69 Å². The third-order valence-electron chi connectivity index (χ3n) is 2.09. The van der Waals surface area contributed by atoms with Gasteiger partial charge in [0.05, 0.1) is 13.4 Å². The zero-order valence-electron chi connectivity index (χ0n) is 8.77. The molecular weight excluding hydrogens is 206 g/mol. The van der Waals surface area contributed by atoms with E-state index >= 15 is 0 Å². The van der Waals surface area contributed by atoms with Crippen LogP contribution in [0.4, 0.5) is 5.69 Å². The van der Waals surface area contributed by atoms with E-state index in [9.17, 15) is 4.79 Å². The normalized spacial score (nSPS) is 9.81. The van der Waals surface area contributed by atoms with E-state index in [-0.39, 0.29) is 11.7 Å². The molecule has 0 atom stereocenters. The average molecular weight is 217 g/mol. The van der Waals surface area contributed by atoms with Gasteiger partial charge >= 0.3 is 0 Å². The van der Waals surface area contributed by atoms with E-state index in [1.807, 2.05) is 0 Å². The monoisotopic (exact) mass is 217 g/mol. The molecule has 1 N–H and O–H groups in total. The first-order chi connectivity index (χ1) is 7.79. The summed E-state index contributed by atoms with van der Waals surface area (Å²) < 4.78 is 9.99. The summed E-state index contributed by atoms with van der Waals surface area (Å²) in [5, 5.41) is 2.71. The van der Waals surface area contributed by atoms with E-state index in [1.165, 1.54) is 6.26 Å². The molecule has 0 radical (unpaired) electrons. The number of hydrogen-bond acceptors (Lipinski definition) is 3. The van der Waals surface area contributed by atoms with Gasteiger partial charge in [0.1, 0.15) is 5.75 Å². The van der Waals surface area contributed by atoms with Gasteiger partial charge in [0, 0.05) is 5.69 Å². The summed E-state index contributed by atoms with van der Waals surface area (Å²) in [7, 11) is 1.59. The van der Waals surface area contributed by atoms with E-state index < -0.39 is 0 Å². The van der Waals surface area contributed by atoms with Crippen LogP contribution in [-0.4, -0.2) is 13.0 Å². The lowest BCUT2D eigenvalue weighted by atomic mass is 10.3. The predicted molar refractivity (Wildman–Crippen MR) is 59.7 cm³/mol. The van der Waals surface area contributed by atoms with Crippen molar-refractivity contribution in [2.45, 2.75) is 0 Å². The Hall–Kier alpha value is -2.23. The van der Waals surface area contributed by atoms with E-state index in [2.05, 4.69) is 5.32 Å². The van der Waals surface area contributed by atoms with Crippen molar-refractivity contribution in [3.63, 3.8) is 0 Å². The molecular formula is C12H11NO3. The highest BCUT2D eigenvalue weighted by Crippen LogP contribution is 2.15. The van der Waals surface area contributed by atoms with Crippen molar-refractivity contribution >= 4 is 11.6 Å².